The summed E-state index contributed by atoms with van der Waals surface area (Å²) in [6.07, 6.45) is 0.713. The highest BCUT2D eigenvalue weighted by atomic mass is 32.2. The van der Waals surface area contributed by atoms with Crippen molar-refractivity contribution < 1.29 is 19.4 Å². The molecule has 104 valence electrons. The molecule has 0 unspecified atom stereocenters. The summed E-state index contributed by atoms with van der Waals surface area (Å²) < 4.78 is 5.47. The minimum Gasteiger partial charge on any atom is -0.494 e. The molecule has 0 aliphatic carbocycles. The molecule has 0 saturated heterocycles. The fourth-order valence-electron chi connectivity index (χ4n) is 1.29. The topological polar surface area (TPSA) is 75.6 Å². The summed E-state index contributed by atoms with van der Waals surface area (Å²) in [6, 6.07) is 9.47. The molecule has 19 heavy (non-hydrogen) atoms. The molecule has 0 fully saturated rings. The van der Waals surface area contributed by atoms with Gasteiger partial charge in [0.05, 0.1) is 18.1 Å². The number of carboxylic acids is 1. The first-order valence-electron chi connectivity index (χ1n) is 5.92. The highest BCUT2D eigenvalue weighted by Gasteiger charge is 2.03. The van der Waals surface area contributed by atoms with Crippen LogP contribution in [0.4, 0.5) is 0 Å². The van der Waals surface area contributed by atoms with Crippen LogP contribution in [-0.4, -0.2) is 41.6 Å². The third-order valence-corrected chi connectivity index (χ3v) is 3.03. The maximum absolute atomic E-state index is 11.3. The summed E-state index contributed by atoms with van der Waals surface area (Å²) in [5.74, 6) is -0.123. The standard InChI is InChI=1S/C13H17NO4S/c15-12(9-19-10-13(16)17)14-7-4-8-18-11-5-2-1-3-6-11/h1-3,5-6H,4,7-10H2,(H,14,15)(H,16,17). The number of para-hydroxylation sites is 1. The van der Waals surface area contributed by atoms with E-state index in [2.05, 4.69) is 5.32 Å². The molecular formula is C13H17NO4S. The van der Waals surface area contributed by atoms with Crippen molar-refractivity contribution in [3.05, 3.63) is 30.3 Å². The largest absolute Gasteiger partial charge is 0.494 e. The van der Waals surface area contributed by atoms with Crippen molar-refractivity contribution >= 4 is 23.6 Å². The number of carbonyl (C=O) groups excluding carboxylic acids is 1. The first kappa shape index (κ1) is 15.4. The van der Waals surface area contributed by atoms with Gasteiger partial charge in [-0.3, -0.25) is 9.59 Å². The van der Waals surface area contributed by atoms with E-state index in [1.165, 1.54) is 0 Å². The van der Waals surface area contributed by atoms with Crippen LogP contribution < -0.4 is 10.1 Å². The van der Waals surface area contributed by atoms with Crippen molar-refractivity contribution in [2.45, 2.75) is 6.42 Å². The Labute approximate surface area is 116 Å². The quantitative estimate of drug-likeness (QED) is 0.670. The summed E-state index contributed by atoms with van der Waals surface area (Å²) in [4.78, 5) is 21.5. The predicted octanol–water partition coefficient (Wildman–Crippen LogP) is 1.39. The van der Waals surface area contributed by atoms with E-state index < -0.39 is 5.97 Å². The summed E-state index contributed by atoms with van der Waals surface area (Å²) >= 11 is 1.09. The number of rotatable bonds is 9. The van der Waals surface area contributed by atoms with Crippen LogP contribution >= 0.6 is 11.8 Å². The van der Waals surface area contributed by atoms with Crippen molar-refractivity contribution in [2.75, 3.05) is 24.7 Å². The number of hydrogen-bond donors (Lipinski definition) is 2. The second-order valence-electron chi connectivity index (χ2n) is 3.75. The normalized spacial score (nSPS) is 9.89. The Morgan fingerprint density at radius 1 is 1.21 bits per heavy atom. The molecule has 0 aliphatic rings. The zero-order valence-electron chi connectivity index (χ0n) is 10.5. The molecule has 0 spiro atoms. The monoisotopic (exact) mass is 283 g/mol. The Morgan fingerprint density at radius 3 is 2.63 bits per heavy atom. The third kappa shape index (κ3) is 8.10. The first-order chi connectivity index (χ1) is 9.18. The van der Waals surface area contributed by atoms with Gasteiger partial charge in [-0.05, 0) is 18.6 Å². The van der Waals surface area contributed by atoms with Crippen molar-refractivity contribution in [3.8, 4) is 5.75 Å². The first-order valence-corrected chi connectivity index (χ1v) is 7.08. The highest BCUT2D eigenvalue weighted by Crippen LogP contribution is 2.08. The number of benzene rings is 1. The van der Waals surface area contributed by atoms with E-state index in [0.29, 0.717) is 19.6 Å². The summed E-state index contributed by atoms with van der Waals surface area (Å²) in [6.45, 7) is 1.06. The van der Waals surface area contributed by atoms with Crippen molar-refractivity contribution in [1.29, 1.82) is 0 Å². The van der Waals surface area contributed by atoms with E-state index >= 15 is 0 Å². The molecule has 0 heterocycles. The Bertz CT molecular complexity index is 397. The van der Waals surface area contributed by atoms with Gasteiger partial charge >= 0.3 is 5.97 Å². The average Bonchev–Trinajstić information content (AvgIpc) is 2.39. The molecule has 1 aromatic rings. The van der Waals surface area contributed by atoms with Gasteiger partial charge in [0, 0.05) is 6.54 Å². The molecule has 1 amide bonds. The summed E-state index contributed by atoms with van der Waals surface area (Å²) in [7, 11) is 0. The number of carboxylic acid groups (broad SMARTS) is 1. The maximum Gasteiger partial charge on any atom is 0.313 e. The van der Waals surface area contributed by atoms with E-state index in [1.807, 2.05) is 30.3 Å². The van der Waals surface area contributed by atoms with Gasteiger partial charge in [-0.2, -0.15) is 0 Å². The zero-order chi connectivity index (χ0) is 13.9. The SMILES string of the molecule is O=C(O)CSCC(=O)NCCCOc1ccccc1. The van der Waals surface area contributed by atoms with Gasteiger partial charge in [0.25, 0.3) is 0 Å². The van der Waals surface area contributed by atoms with Crippen LogP contribution in [0.1, 0.15) is 6.42 Å². The van der Waals surface area contributed by atoms with Gasteiger partial charge in [0.1, 0.15) is 5.75 Å². The molecule has 0 saturated carbocycles. The predicted molar refractivity (Wildman–Crippen MR) is 74.5 cm³/mol. The Hall–Kier alpha value is -1.69. The van der Waals surface area contributed by atoms with E-state index in [1.54, 1.807) is 0 Å². The van der Waals surface area contributed by atoms with E-state index in [-0.39, 0.29) is 17.4 Å². The summed E-state index contributed by atoms with van der Waals surface area (Å²) in [5, 5.41) is 11.1. The number of aliphatic carboxylic acids is 1. The van der Waals surface area contributed by atoms with Gasteiger partial charge in [0.2, 0.25) is 5.91 Å². The number of ether oxygens (including phenoxy) is 1. The van der Waals surface area contributed by atoms with Crippen LogP contribution in [0.3, 0.4) is 0 Å². The Kier molecular flexibility index (Phi) is 7.50. The van der Waals surface area contributed by atoms with E-state index in [0.717, 1.165) is 17.5 Å². The van der Waals surface area contributed by atoms with Gasteiger partial charge in [-0.15, -0.1) is 11.8 Å². The number of hydrogen-bond acceptors (Lipinski definition) is 4. The average molecular weight is 283 g/mol. The van der Waals surface area contributed by atoms with Crippen molar-refractivity contribution in [3.63, 3.8) is 0 Å². The minimum atomic E-state index is -0.908. The maximum atomic E-state index is 11.3. The van der Waals surface area contributed by atoms with Gasteiger partial charge in [0.15, 0.2) is 0 Å². The molecular weight excluding hydrogens is 266 g/mol. The molecule has 0 bridgehead atoms. The molecule has 0 aliphatic heterocycles. The fourth-order valence-corrected chi connectivity index (χ4v) is 1.85. The molecule has 5 nitrogen and oxygen atoms in total. The minimum absolute atomic E-state index is 0.0511. The Morgan fingerprint density at radius 2 is 1.95 bits per heavy atom. The number of carbonyl (C=O) groups is 2. The van der Waals surface area contributed by atoms with Crippen LogP contribution in [-0.2, 0) is 9.59 Å². The van der Waals surface area contributed by atoms with Crippen LogP contribution in [0, 0.1) is 0 Å². The van der Waals surface area contributed by atoms with Crippen molar-refractivity contribution in [2.24, 2.45) is 0 Å². The van der Waals surface area contributed by atoms with Crippen LogP contribution in [0.25, 0.3) is 0 Å². The molecule has 6 heteroatoms. The molecule has 2 N–H and O–H groups in total. The molecule has 0 radical (unpaired) electrons. The zero-order valence-corrected chi connectivity index (χ0v) is 11.3. The number of thioether (sulfide) groups is 1. The summed E-state index contributed by atoms with van der Waals surface area (Å²) in [5.41, 5.74) is 0. The Balaban J connectivity index is 1.98. The lowest BCUT2D eigenvalue weighted by Gasteiger charge is -2.07. The van der Waals surface area contributed by atoms with Gasteiger partial charge < -0.3 is 15.2 Å². The molecule has 1 rings (SSSR count). The lowest BCUT2D eigenvalue weighted by Crippen LogP contribution is -2.27. The third-order valence-electron chi connectivity index (χ3n) is 2.11. The van der Waals surface area contributed by atoms with E-state index in [9.17, 15) is 9.59 Å². The van der Waals surface area contributed by atoms with Gasteiger partial charge in [-0.25, -0.2) is 0 Å². The van der Waals surface area contributed by atoms with Gasteiger partial charge in [-0.1, -0.05) is 18.2 Å². The van der Waals surface area contributed by atoms with Crippen molar-refractivity contribution in [1.82, 2.24) is 5.32 Å². The second-order valence-corrected chi connectivity index (χ2v) is 4.74. The lowest BCUT2D eigenvalue weighted by atomic mass is 10.3. The smallest absolute Gasteiger partial charge is 0.313 e. The lowest BCUT2D eigenvalue weighted by molar-refractivity contribution is -0.133. The van der Waals surface area contributed by atoms with Crippen LogP contribution in [0.15, 0.2) is 30.3 Å². The van der Waals surface area contributed by atoms with E-state index in [4.69, 9.17) is 9.84 Å². The van der Waals surface area contributed by atoms with Crippen LogP contribution in [0.5, 0.6) is 5.75 Å². The highest BCUT2D eigenvalue weighted by molar-refractivity contribution is 8.00. The fraction of sp³-hybridized carbons (Fsp3) is 0.385. The molecule has 0 aromatic heterocycles. The number of amides is 1. The molecule has 0 atom stereocenters. The number of nitrogens with one attached hydrogen (secondary N) is 1. The molecule has 1 aromatic carbocycles. The second kappa shape index (κ2) is 9.27. The van der Waals surface area contributed by atoms with Crippen LogP contribution in [0.2, 0.25) is 0 Å².